The minimum absolute atomic E-state index is 0.234. The minimum atomic E-state index is -0.328. The van der Waals surface area contributed by atoms with Gasteiger partial charge in [0.05, 0.1) is 17.6 Å². The highest BCUT2D eigenvalue weighted by molar-refractivity contribution is 5.81. The molecular weight excluding hydrogens is 247 g/mol. The van der Waals surface area contributed by atoms with Crippen molar-refractivity contribution in [3.8, 4) is 5.69 Å². The van der Waals surface area contributed by atoms with Gasteiger partial charge in [-0.1, -0.05) is 0 Å². The second-order valence-electron chi connectivity index (χ2n) is 4.31. The van der Waals surface area contributed by atoms with Gasteiger partial charge in [-0.3, -0.25) is 4.79 Å². The summed E-state index contributed by atoms with van der Waals surface area (Å²) in [7, 11) is 1.59. The number of aromatic nitrogens is 4. The van der Waals surface area contributed by atoms with E-state index in [1.165, 1.54) is 21.5 Å². The first kappa shape index (κ1) is 11.6. The molecule has 0 aliphatic rings. The standard InChI is InChI=1S/C13H11FN4O/c1-8-11-7-15-18(10-5-3-9(14)4-6-10)12(11)13(19)17(2)16-8/h3-7H,1-2H3. The van der Waals surface area contributed by atoms with Crippen molar-refractivity contribution in [2.24, 2.45) is 7.05 Å². The molecule has 0 radical (unpaired) electrons. The summed E-state index contributed by atoms with van der Waals surface area (Å²) in [5.74, 6) is -0.328. The Bertz CT molecular complexity index is 817. The van der Waals surface area contributed by atoms with E-state index in [-0.39, 0.29) is 11.4 Å². The van der Waals surface area contributed by atoms with Crippen LogP contribution < -0.4 is 5.56 Å². The van der Waals surface area contributed by atoms with Gasteiger partial charge in [-0.25, -0.2) is 13.8 Å². The van der Waals surface area contributed by atoms with E-state index in [0.29, 0.717) is 16.6 Å². The molecule has 5 nitrogen and oxygen atoms in total. The van der Waals surface area contributed by atoms with Crippen LogP contribution in [0.4, 0.5) is 4.39 Å². The Morgan fingerprint density at radius 3 is 2.58 bits per heavy atom. The summed E-state index contributed by atoms with van der Waals surface area (Å²) in [5.41, 5.74) is 1.58. The number of benzene rings is 1. The molecule has 0 amide bonds. The van der Waals surface area contributed by atoms with E-state index < -0.39 is 0 Å². The lowest BCUT2D eigenvalue weighted by molar-refractivity contribution is 0.627. The van der Waals surface area contributed by atoms with Crippen LogP contribution in [0.5, 0.6) is 0 Å². The predicted octanol–water partition coefficient (Wildman–Crippen LogP) is 1.57. The second kappa shape index (κ2) is 4.01. The van der Waals surface area contributed by atoms with E-state index in [1.54, 1.807) is 25.4 Å². The minimum Gasteiger partial charge on any atom is -0.265 e. The molecule has 3 aromatic rings. The van der Waals surface area contributed by atoms with Crippen molar-refractivity contribution in [1.82, 2.24) is 19.6 Å². The van der Waals surface area contributed by atoms with Crippen molar-refractivity contribution < 1.29 is 4.39 Å². The molecule has 0 saturated carbocycles. The number of nitrogens with zero attached hydrogens (tertiary/aromatic N) is 4. The molecule has 2 aromatic heterocycles. The second-order valence-corrected chi connectivity index (χ2v) is 4.31. The van der Waals surface area contributed by atoms with E-state index >= 15 is 0 Å². The van der Waals surface area contributed by atoms with Crippen LogP contribution in [0.1, 0.15) is 5.69 Å². The molecule has 19 heavy (non-hydrogen) atoms. The highest BCUT2D eigenvalue weighted by Gasteiger charge is 2.13. The van der Waals surface area contributed by atoms with Crippen LogP contribution in [0.3, 0.4) is 0 Å². The lowest BCUT2D eigenvalue weighted by Crippen LogP contribution is -2.22. The van der Waals surface area contributed by atoms with Gasteiger partial charge in [0.1, 0.15) is 11.3 Å². The zero-order valence-corrected chi connectivity index (χ0v) is 10.5. The topological polar surface area (TPSA) is 52.7 Å². The van der Waals surface area contributed by atoms with Crippen LogP contribution in [0.15, 0.2) is 35.3 Å². The molecule has 0 spiro atoms. The molecule has 0 bridgehead atoms. The monoisotopic (exact) mass is 258 g/mol. The smallest absolute Gasteiger partial charge is 0.265 e. The van der Waals surface area contributed by atoms with Crippen molar-refractivity contribution in [1.29, 1.82) is 0 Å². The summed E-state index contributed by atoms with van der Waals surface area (Å²) in [4.78, 5) is 12.2. The van der Waals surface area contributed by atoms with Crippen molar-refractivity contribution in [3.05, 3.63) is 52.3 Å². The Morgan fingerprint density at radius 1 is 1.21 bits per heavy atom. The number of hydrogen-bond donors (Lipinski definition) is 0. The van der Waals surface area contributed by atoms with Crippen LogP contribution in [0, 0.1) is 12.7 Å². The number of aryl methyl sites for hydroxylation is 2. The summed E-state index contributed by atoms with van der Waals surface area (Å²) in [6.07, 6.45) is 1.60. The van der Waals surface area contributed by atoms with Crippen LogP contribution in [-0.4, -0.2) is 19.6 Å². The third-order valence-electron chi connectivity index (χ3n) is 3.03. The zero-order chi connectivity index (χ0) is 13.6. The van der Waals surface area contributed by atoms with Gasteiger partial charge < -0.3 is 0 Å². The third-order valence-corrected chi connectivity index (χ3v) is 3.03. The molecule has 0 saturated heterocycles. The number of fused-ring (bicyclic) bond motifs is 1. The molecule has 0 fully saturated rings. The normalized spacial score (nSPS) is 11.1. The number of halogens is 1. The predicted molar refractivity (Wildman–Crippen MR) is 68.8 cm³/mol. The third kappa shape index (κ3) is 1.72. The molecule has 0 unspecified atom stereocenters. The van der Waals surface area contributed by atoms with Gasteiger partial charge in [0.2, 0.25) is 0 Å². The molecule has 96 valence electrons. The molecule has 0 aliphatic carbocycles. The zero-order valence-electron chi connectivity index (χ0n) is 10.5. The van der Waals surface area contributed by atoms with E-state index in [2.05, 4.69) is 10.2 Å². The van der Waals surface area contributed by atoms with Crippen molar-refractivity contribution in [2.75, 3.05) is 0 Å². The van der Waals surface area contributed by atoms with Gasteiger partial charge >= 0.3 is 0 Å². The average Bonchev–Trinajstić information content (AvgIpc) is 2.82. The number of rotatable bonds is 1. The first-order chi connectivity index (χ1) is 9.08. The summed E-state index contributed by atoms with van der Waals surface area (Å²) in [6.45, 7) is 1.82. The van der Waals surface area contributed by atoms with Crippen LogP contribution in [-0.2, 0) is 7.05 Å². The lowest BCUT2D eigenvalue weighted by atomic mass is 10.2. The molecule has 1 aromatic carbocycles. The molecule has 6 heteroatoms. The fourth-order valence-corrected chi connectivity index (χ4v) is 2.07. The van der Waals surface area contributed by atoms with E-state index in [4.69, 9.17) is 0 Å². The summed E-state index contributed by atoms with van der Waals surface area (Å²) in [5, 5.41) is 9.01. The fraction of sp³-hybridized carbons (Fsp3) is 0.154. The van der Waals surface area contributed by atoms with E-state index in [9.17, 15) is 9.18 Å². The largest absolute Gasteiger partial charge is 0.293 e. The Hall–Kier alpha value is -2.50. The summed E-state index contributed by atoms with van der Waals surface area (Å²) >= 11 is 0. The molecule has 0 atom stereocenters. The maximum Gasteiger partial charge on any atom is 0.293 e. The van der Waals surface area contributed by atoms with Gasteiger partial charge in [0.15, 0.2) is 0 Å². The Balaban J connectivity index is 2.37. The SMILES string of the molecule is Cc1nn(C)c(=O)c2c1cnn2-c1ccc(F)cc1. The van der Waals surface area contributed by atoms with Crippen LogP contribution in [0.2, 0.25) is 0 Å². The van der Waals surface area contributed by atoms with Gasteiger partial charge in [-0.15, -0.1) is 0 Å². The molecular formula is C13H11FN4O. The van der Waals surface area contributed by atoms with Gasteiger partial charge in [-0.05, 0) is 31.2 Å². The summed E-state index contributed by atoms with van der Waals surface area (Å²) in [6, 6.07) is 5.83. The van der Waals surface area contributed by atoms with E-state index in [0.717, 1.165) is 5.69 Å². The van der Waals surface area contributed by atoms with Gasteiger partial charge in [-0.2, -0.15) is 10.2 Å². The highest BCUT2D eigenvalue weighted by atomic mass is 19.1. The van der Waals surface area contributed by atoms with Gasteiger partial charge in [0.25, 0.3) is 5.56 Å². The molecule has 0 aliphatic heterocycles. The fourth-order valence-electron chi connectivity index (χ4n) is 2.07. The first-order valence-corrected chi connectivity index (χ1v) is 5.75. The van der Waals surface area contributed by atoms with Crippen molar-refractivity contribution in [3.63, 3.8) is 0 Å². The van der Waals surface area contributed by atoms with Crippen LogP contribution in [0.25, 0.3) is 16.6 Å². The molecule has 3 rings (SSSR count). The molecule has 0 N–H and O–H groups in total. The quantitative estimate of drug-likeness (QED) is 0.665. The number of hydrogen-bond acceptors (Lipinski definition) is 3. The van der Waals surface area contributed by atoms with Gasteiger partial charge in [0, 0.05) is 12.4 Å². The highest BCUT2D eigenvalue weighted by Crippen LogP contribution is 2.17. The Kier molecular flexibility index (Phi) is 2.45. The first-order valence-electron chi connectivity index (χ1n) is 5.75. The average molecular weight is 258 g/mol. The summed E-state index contributed by atoms with van der Waals surface area (Å²) < 4.78 is 15.7. The van der Waals surface area contributed by atoms with Crippen LogP contribution >= 0.6 is 0 Å². The van der Waals surface area contributed by atoms with E-state index in [1.807, 2.05) is 6.92 Å². The Morgan fingerprint density at radius 2 is 1.89 bits per heavy atom. The van der Waals surface area contributed by atoms with Crippen molar-refractivity contribution >= 4 is 10.9 Å². The Labute approximate surface area is 107 Å². The lowest BCUT2D eigenvalue weighted by Gasteiger charge is -2.05. The maximum absolute atomic E-state index is 12.9. The van der Waals surface area contributed by atoms with Crippen molar-refractivity contribution in [2.45, 2.75) is 6.92 Å². The maximum atomic E-state index is 12.9. The molecule has 2 heterocycles.